The van der Waals surface area contributed by atoms with E-state index >= 15 is 0 Å². The molecule has 4 aromatic carbocycles. The number of hydrogen-bond acceptors (Lipinski definition) is 20. The molecule has 1 atom stereocenters. The maximum absolute atomic E-state index is 13.8. The van der Waals surface area contributed by atoms with Crippen LogP contribution in [0.1, 0.15) is 98.5 Å². The van der Waals surface area contributed by atoms with Gasteiger partial charge in [0.25, 0.3) is 40.4 Å². The Morgan fingerprint density at radius 2 is 1.38 bits per heavy atom. The van der Waals surface area contributed by atoms with Crippen molar-refractivity contribution in [1.82, 2.24) is 15.3 Å². The number of fused-ring (bicyclic) bond motifs is 3. The van der Waals surface area contributed by atoms with Crippen molar-refractivity contribution in [3.63, 3.8) is 0 Å². The molecule has 6 aromatic rings. The van der Waals surface area contributed by atoms with Gasteiger partial charge in [-0.3, -0.25) is 28.2 Å². The van der Waals surface area contributed by atoms with Crippen LogP contribution < -0.4 is 19.7 Å². The summed E-state index contributed by atoms with van der Waals surface area (Å²) in [7, 11) is -22.4. The van der Waals surface area contributed by atoms with Gasteiger partial charge in [0.15, 0.2) is 5.71 Å². The Labute approximate surface area is 575 Å². The smallest absolute Gasteiger partial charge is 0.354 e. The summed E-state index contributed by atoms with van der Waals surface area (Å²) in [5.74, 6) is 3.58. The number of aromatic carboxylic acids is 1. The van der Waals surface area contributed by atoms with Crippen molar-refractivity contribution in [2.75, 3.05) is 87.0 Å². The number of hydrogen-bond donors (Lipinski definition) is 6. The van der Waals surface area contributed by atoms with Gasteiger partial charge in [0.2, 0.25) is 11.6 Å². The average molecular weight is 1460 g/mol. The molecule has 0 aliphatic carbocycles. The fourth-order valence-corrected chi connectivity index (χ4v) is 14.8. The highest BCUT2D eigenvalue weighted by Gasteiger charge is 2.46. The molecule has 2 aliphatic heterocycles. The Morgan fingerprint density at radius 3 is 2.06 bits per heavy atom. The van der Waals surface area contributed by atoms with Crippen molar-refractivity contribution in [1.29, 1.82) is 0 Å². The number of rotatable bonds is 36. The number of benzene rings is 4. The highest BCUT2D eigenvalue weighted by atomic mass is 32.2. The van der Waals surface area contributed by atoms with Gasteiger partial charge in [-0.2, -0.15) is 29.8 Å². The van der Waals surface area contributed by atoms with E-state index in [2.05, 4.69) is 31.8 Å². The molecule has 32 heteroatoms. The minimum absolute atomic E-state index is 0.00903. The van der Waals surface area contributed by atoms with Gasteiger partial charge in [-0.25, -0.2) is 26.6 Å². The van der Waals surface area contributed by atoms with Gasteiger partial charge in [0.1, 0.15) is 29.5 Å². The number of carboxylic acid groups (broad SMARTS) is 1. The number of nitrogens with one attached hydrogen (secondary N) is 2. The Morgan fingerprint density at radius 1 is 0.697 bits per heavy atom. The van der Waals surface area contributed by atoms with Crippen molar-refractivity contribution in [3.05, 3.63) is 173 Å². The predicted octanol–water partition coefficient (Wildman–Crippen LogP) is 7.58. The summed E-state index contributed by atoms with van der Waals surface area (Å²) in [5.41, 5.74) is 2.56. The van der Waals surface area contributed by atoms with Crippen LogP contribution in [0, 0.1) is 11.8 Å². The first-order valence-corrected chi connectivity index (χ1v) is 38.8. The number of ether oxygens (including phenoxy) is 4. The zero-order valence-electron chi connectivity index (χ0n) is 54.3. The van der Waals surface area contributed by atoms with E-state index in [1.165, 1.54) is 67.0 Å². The number of unbranched alkanes of at least 4 members (excludes halogenated alkanes) is 2. The van der Waals surface area contributed by atoms with Crippen LogP contribution in [-0.2, 0) is 80.3 Å². The minimum Gasteiger partial charge on any atom is -0.748 e. The van der Waals surface area contributed by atoms with E-state index in [1.807, 2.05) is 20.8 Å². The molecule has 27 nitrogen and oxygen atoms in total. The molecule has 6 N–H and O–H groups in total. The van der Waals surface area contributed by atoms with Crippen molar-refractivity contribution in [3.8, 4) is 17.6 Å². The normalized spacial score (nSPS) is 15.9. The van der Waals surface area contributed by atoms with Gasteiger partial charge in [0.05, 0.1) is 81.9 Å². The van der Waals surface area contributed by atoms with Gasteiger partial charge in [-0.05, 0) is 124 Å². The van der Waals surface area contributed by atoms with E-state index in [1.54, 1.807) is 82.3 Å². The lowest BCUT2D eigenvalue weighted by Gasteiger charge is -2.30. The summed E-state index contributed by atoms with van der Waals surface area (Å²) in [5, 5.41) is 12.4. The molecule has 0 fully saturated rings. The molecule has 0 radical (unpaired) electrons. The number of para-hydroxylation sites is 2. The summed E-state index contributed by atoms with van der Waals surface area (Å²) < 4.78 is 192. The van der Waals surface area contributed by atoms with E-state index in [9.17, 15) is 69.9 Å². The first-order valence-electron chi connectivity index (χ1n) is 31.2. The third-order valence-corrected chi connectivity index (χ3v) is 21.0. The molecule has 0 saturated carbocycles. The second-order valence-electron chi connectivity index (χ2n) is 23.7. The van der Waals surface area contributed by atoms with Gasteiger partial charge in [-0.15, -0.1) is 0 Å². The molecule has 4 heterocycles. The zero-order chi connectivity index (χ0) is 71.8. The van der Waals surface area contributed by atoms with Crippen molar-refractivity contribution in [2.24, 2.45) is 0 Å². The molecular weight excluding hydrogens is 1390 g/mol. The molecular formula is C67H76N6O21S5. The summed E-state index contributed by atoms with van der Waals surface area (Å²) in [6.07, 6.45) is 13.4. The van der Waals surface area contributed by atoms with Crippen LogP contribution in [0.4, 0.5) is 17.1 Å². The Hall–Kier alpha value is -8.30. The third-order valence-electron chi connectivity index (χ3n) is 16.3. The topological polar surface area (TPSA) is 402 Å². The Bertz CT molecular complexity index is 4760. The molecule has 0 bridgehead atoms. The van der Waals surface area contributed by atoms with Crippen LogP contribution in [0.25, 0.3) is 10.9 Å². The monoisotopic (exact) mass is 1460 g/mol. The number of carbonyl (C=O) groups excluding carboxylic acids is 1. The second kappa shape index (κ2) is 33.2. The van der Waals surface area contributed by atoms with Crippen LogP contribution in [0.5, 0.6) is 5.75 Å². The lowest BCUT2D eigenvalue weighted by atomic mass is 9.77. The van der Waals surface area contributed by atoms with Crippen LogP contribution in [-0.4, -0.2) is 175 Å². The highest BCUT2D eigenvalue weighted by Crippen LogP contribution is 2.52. The van der Waals surface area contributed by atoms with Gasteiger partial charge in [-0.1, -0.05) is 61.1 Å². The third kappa shape index (κ3) is 20.9. The van der Waals surface area contributed by atoms with E-state index in [0.29, 0.717) is 81.9 Å². The van der Waals surface area contributed by atoms with Gasteiger partial charge in [0, 0.05) is 95.1 Å². The van der Waals surface area contributed by atoms with Crippen molar-refractivity contribution >= 4 is 96.0 Å². The molecule has 0 saturated heterocycles. The first kappa shape index (κ1) is 76.5. The summed E-state index contributed by atoms with van der Waals surface area (Å²) in [6.45, 7) is 7.47. The summed E-state index contributed by atoms with van der Waals surface area (Å²) in [6, 6.07) is 23.9. The maximum Gasteiger partial charge on any atom is 0.354 e. The van der Waals surface area contributed by atoms with E-state index in [-0.39, 0.29) is 123 Å². The number of anilines is 2. The second-order valence-corrected chi connectivity index (χ2v) is 31.3. The zero-order valence-corrected chi connectivity index (χ0v) is 58.4. The number of allylic oxidation sites excluding steroid dienone is 6. The number of pyridine rings is 2. The standard InChI is InChI=1S/C67H76N6O21S5/c1-66(2)53-45-50(98(85,86)87)25-28-57(53)72(34-13-43-95(77,78)79)61(66)19-6-4-7-20-62-67(3,54-46-51(99(88,89)90)26-29-58(54)73(62)35-14-44-96(80,81)82)31-11-5-8-21-63(74)68-33-36-91-37-38-92-39-40-93-41-42-94-59-30-32-69-64-52(59)16-12-18-60(64)97(83,84)71-55-17-10-9-15-49(55)24-22-48-23-27-56(65(75)76)70-47-48/h4,6-7,9-10,12,15-20,23,25-30,32,45-47,71H,5,8,11,13-14,21,31,33-44H2,1-3H3,(H5-,68,74,75,76,77,78,79,80,81,82,85,86,87,88,89,90). The lowest BCUT2D eigenvalue weighted by molar-refractivity contribution is -0.437. The van der Waals surface area contributed by atoms with Crippen molar-refractivity contribution in [2.45, 2.75) is 91.2 Å². The number of carboxylic acids is 1. The van der Waals surface area contributed by atoms with Gasteiger partial charge >= 0.3 is 5.97 Å². The Balaban J connectivity index is 0.781. The molecule has 530 valence electrons. The van der Waals surface area contributed by atoms with E-state index in [4.69, 9.17) is 24.1 Å². The minimum atomic E-state index is -4.68. The number of carbonyl (C=O) groups is 2. The van der Waals surface area contributed by atoms with Crippen LogP contribution >= 0.6 is 0 Å². The Kier molecular flexibility index (Phi) is 25.7. The summed E-state index contributed by atoms with van der Waals surface area (Å²) >= 11 is 0. The molecule has 1 amide bonds. The molecule has 8 rings (SSSR count). The van der Waals surface area contributed by atoms with Crippen LogP contribution in [0.2, 0.25) is 0 Å². The summed E-state index contributed by atoms with van der Waals surface area (Å²) in [4.78, 5) is 33.3. The quantitative estimate of drug-likeness (QED) is 0.00725. The molecule has 0 spiro atoms. The maximum atomic E-state index is 13.8. The highest BCUT2D eigenvalue weighted by molar-refractivity contribution is 7.93. The largest absolute Gasteiger partial charge is 0.748 e. The van der Waals surface area contributed by atoms with Crippen molar-refractivity contribution < 1.29 is 98.5 Å². The first-order chi connectivity index (χ1) is 46.8. The van der Waals surface area contributed by atoms with Crippen LogP contribution in [0.3, 0.4) is 0 Å². The fraction of sp³-hybridized carbons (Fsp3) is 0.358. The van der Waals surface area contributed by atoms with Gasteiger partial charge < -0.3 is 38.8 Å². The van der Waals surface area contributed by atoms with E-state index in [0.717, 1.165) is 0 Å². The molecule has 1 unspecified atom stereocenters. The van der Waals surface area contributed by atoms with Crippen LogP contribution in [0.15, 0.2) is 160 Å². The fourth-order valence-electron chi connectivity index (χ4n) is 11.5. The number of nitrogens with zero attached hydrogens (tertiary/aromatic N) is 4. The number of amides is 1. The molecule has 99 heavy (non-hydrogen) atoms. The molecule has 2 aliphatic rings. The SMILES string of the molecule is CC1(C)C(C=CC=CC=C2N(CCCS(=O)(=O)[O-])c3ccc(S(=O)(=O)O)cc3C2(C)CCCCCC(=O)NCCOCCOCCOCCOc2ccnc3c(S(=O)(=O)Nc4ccccc4C#Cc4ccc(C(=O)O)nc4)cccc23)=[N+](CCCS(=O)(=O)O)c2ccc(S(=O)(=O)O)cc21. The number of aromatic nitrogens is 2. The van der Waals surface area contributed by atoms with E-state index < -0.39 is 78.8 Å². The number of sulfonamides is 1. The predicted molar refractivity (Wildman–Crippen MR) is 367 cm³/mol. The molecule has 2 aromatic heterocycles. The average Bonchev–Trinajstić information content (AvgIpc) is 1.60. The lowest BCUT2D eigenvalue weighted by Crippen LogP contribution is -2.30.